The normalized spacial score (nSPS) is 17.2. The lowest BCUT2D eigenvalue weighted by Crippen LogP contribution is -2.57. The molecular formula is C28H39FN8O4. The Bertz CT molecular complexity index is 1260. The molecule has 0 radical (unpaired) electrons. The van der Waals surface area contributed by atoms with E-state index >= 15 is 4.39 Å². The number of carbonyl (C=O) groups excluding carboxylic acids is 4. The van der Waals surface area contributed by atoms with Gasteiger partial charge in [-0.3, -0.25) is 19.1 Å². The predicted molar refractivity (Wildman–Crippen MR) is 151 cm³/mol. The maximum atomic E-state index is 15.1. The third-order valence-electron chi connectivity index (χ3n) is 7.58. The Hall–Kier alpha value is -4.00. The second-order valence-corrected chi connectivity index (χ2v) is 10.7. The van der Waals surface area contributed by atoms with Crippen molar-refractivity contribution in [2.75, 3.05) is 38.5 Å². The van der Waals surface area contributed by atoms with Crippen LogP contribution in [0.3, 0.4) is 0 Å². The van der Waals surface area contributed by atoms with E-state index in [1.165, 1.54) is 29.9 Å². The number of piperazine rings is 1. The van der Waals surface area contributed by atoms with Gasteiger partial charge in [-0.15, -0.1) is 0 Å². The molecule has 4 N–H and O–H groups in total. The minimum absolute atomic E-state index is 0.0592. The molecule has 1 aromatic heterocycles. The Morgan fingerprint density at radius 2 is 1.80 bits per heavy atom. The van der Waals surface area contributed by atoms with Crippen molar-refractivity contribution in [2.45, 2.75) is 64.2 Å². The molecule has 4 rings (SSSR count). The first-order chi connectivity index (χ1) is 19.6. The summed E-state index contributed by atoms with van der Waals surface area (Å²) in [7, 11) is 1.99. The average Bonchev–Trinajstić information content (AvgIpc) is 3.41. The highest BCUT2D eigenvalue weighted by Gasteiger charge is 2.30. The minimum Gasteiger partial charge on any atom is -0.339 e. The minimum atomic E-state index is -0.939. The lowest BCUT2D eigenvalue weighted by atomic mass is 9.93. The van der Waals surface area contributed by atoms with E-state index in [-0.39, 0.29) is 24.1 Å². The monoisotopic (exact) mass is 570 g/mol. The Labute approximate surface area is 239 Å². The summed E-state index contributed by atoms with van der Waals surface area (Å²) < 4.78 is 16.6. The van der Waals surface area contributed by atoms with Crippen LogP contribution < -0.4 is 21.3 Å². The molecule has 1 saturated carbocycles. The first-order valence-electron chi connectivity index (χ1n) is 14.1. The number of urea groups is 1. The fourth-order valence-electron chi connectivity index (χ4n) is 4.76. The number of amides is 5. The second kappa shape index (κ2) is 13.6. The van der Waals surface area contributed by atoms with Gasteiger partial charge in [-0.25, -0.2) is 9.18 Å². The number of carbonyl (C=O) groups is 4. The second-order valence-electron chi connectivity index (χ2n) is 10.7. The summed E-state index contributed by atoms with van der Waals surface area (Å²) in [6, 6.07) is 3.70. The van der Waals surface area contributed by atoms with Gasteiger partial charge >= 0.3 is 6.03 Å². The van der Waals surface area contributed by atoms with Gasteiger partial charge in [-0.05, 0) is 63.9 Å². The van der Waals surface area contributed by atoms with E-state index in [1.54, 1.807) is 17.0 Å². The highest BCUT2D eigenvalue weighted by atomic mass is 19.1. The van der Waals surface area contributed by atoms with Crippen molar-refractivity contribution in [3.63, 3.8) is 0 Å². The number of rotatable bonds is 10. The third kappa shape index (κ3) is 7.81. The Balaban J connectivity index is 1.39. The third-order valence-corrected chi connectivity index (χ3v) is 7.58. The number of nitrogens with one attached hydrogen (secondary N) is 4. The summed E-state index contributed by atoms with van der Waals surface area (Å²) in [6.45, 7) is 6.40. The number of likely N-dealkylation sites (N-methyl/N-ethyl adjacent to an activating group) is 1. The van der Waals surface area contributed by atoms with E-state index in [2.05, 4.69) is 31.3 Å². The maximum Gasteiger partial charge on any atom is 0.315 e. The predicted octanol–water partition coefficient (Wildman–Crippen LogP) is 1.34. The molecule has 1 saturated heterocycles. The molecule has 13 heteroatoms. The first kappa shape index (κ1) is 30.0. The molecule has 2 aliphatic rings. The number of aryl methyl sites for hydroxylation is 1. The first-order valence-corrected chi connectivity index (χ1v) is 14.1. The molecule has 12 nitrogen and oxygen atoms in total. The van der Waals surface area contributed by atoms with Gasteiger partial charge in [0.1, 0.15) is 23.6 Å². The van der Waals surface area contributed by atoms with Crippen LogP contribution in [-0.2, 0) is 22.6 Å². The van der Waals surface area contributed by atoms with Crippen molar-refractivity contribution in [2.24, 2.45) is 0 Å². The van der Waals surface area contributed by atoms with Crippen LogP contribution in [0.4, 0.5) is 14.9 Å². The van der Waals surface area contributed by atoms with Gasteiger partial charge in [0.15, 0.2) is 0 Å². The standard InChI is InChI=1S/C28H39FN8O4/c1-4-37-24(10-11-30-37)26(39)31-18(2)25(38)33-22-9-8-19(16-21(22)29)17-23(34-28(41)32-20-6-5-7-20)27(40)36-14-12-35(3)13-15-36/h8-11,16,18,20,23H,4-7,12-15,17H2,1-3H3,(H,31,39)(H,33,38)(H2,32,34,41)/t18-,23+/m0/s1. The van der Waals surface area contributed by atoms with Crippen LogP contribution in [0.5, 0.6) is 0 Å². The van der Waals surface area contributed by atoms with Gasteiger partial charge in [0.05, 0.1) is 5.69 Å². The fraction of sp³-hybridized carbons (Fsp3) is 0.536. The summed E-state index contributed by atoms with van der Waals surface area (Å²) in [6.07, 6.45) is 4.47. The molecule has 0 unspecified atom stereocenters. The summed E-state index contributed by atoms with van der Waals surface area (Å²) in [4.78, 5) is 55.1. The van der Waals surface area contributed by atoms with Crippen molar-refractivity contribution < 1.29 is 23.6 Å². The van der Waals surface area contributed by atoms with Gasteiger partial charge in [-0.1, -0.05) is 6.07 Å². The quantitative estimate of drug-likeness (QED) is 0.340. The number of nitrogens with zero attached hydrogens (tertiary/aromatic N) is 4. The fourth-order valence-corrected chi connectivity index (χ4v) is 4.76. The zero-order valence-corrected chi connectivity index (χ0v) is 23.8. The molecule has 2 atom stereocenters. The molecular weight excluding hydrogens is 531 g/mol. The van der Waals surface area contributed by atoms with Crippen molar-refractivity contribution >= 4 is 29.4 Å². The SMILES string of the molecule is CCn1nccc1C(=O)N[C@@H](C)C(=O)Nc1ccc(C[C@@H](NC(=O)NC2CCC2)C(=O)N2CCN(C)CC2)cc1F. The molecule has 2 heterocycles. The average molecular weight is 571 g/mol. The smallest absolute Gasteiger partial charge is 0.315 e. The lowest BCUT2D eigenvalue weighted by Gasteiger charge is -2.35. The molecule has 0 bridgehead atoms. The molecule has 1 aromatic carbocycles. The molecule has 0 spiro atoms. The highest BCUT2D eigenvalue weighted by molar-refractivity contribution is 6.00. The van der Waals surface area contributed by atoms with Crippen LogP contribution in [0.15, 0.2) is 30.5 Å². The number of hydrogen-bond acceptors (Lipinski definition) is 6. The summed E-state index contributed by atoms with van der Waals surface area (Å²) >= 11 is 0. The van der Waals surface area contributed by atoms with Crippen molar-refractivity contribution in [1.82, 2.24) is 35.5 Å². The number of halogens is 1. The van der Waals surface area contributed by atoms with E-state index < -0.39 is 35.7 Å². The van der Waals surface area contributed by atoms with Crippen LogP contribution in [-0.4, -0.2) is 94.7 Å². The molecule has 5 amide bonds. The molecule has 2 aromatic rings. The van der Waals surface area contributed by atoms with Gasteiger partial charge in [0.2, 0.25) is 11.8 Å². The summed E-state index contributed by atoms with van der Waals surface area (Å²) in [5.74, 6) is -1.96. The van der Waals surface area contributed by atoms with Crippen LogP contribution in [0.1, 0.15) is 49.2 Å². The van der Waals surface area contributed by atoms with E-state index in [1.807, 2.05) is 14.0 Å². The van der Waals surface area contributed by atoms with Crippen LogP contribution in [0, 0.1) is 5.82 Å². The van der Waals surface area contributed by atoms with Crippen LogP contribution >= 0.6 is 0 Å². The van der Waals surface area contributed by atoms with E-state index in [4.69, 9.17) is 0 Å². The van der Waals surface area contributed by atoms with Gasteiger partial charge in [0, 0.05) is 51.4 Å². The van der Waals surface area contributed by atoms with E-state index in [9.17, 15) is 19.2 Å². The molecule has 222 valence electrons. The van der Waals surface area contributed by atoms with Crippen LogP contribution in [0.2, 0.25) is 0 Å². The van der Waals surface area contributed by atoms with E-state index in [0.717, 1.165) is 32.4 Å². The molecule has 41 heavy (non-hydrogen) atoms. The van der Waals surface area contributed by atoms with Crippen molar-refractivity contribution in [3.05, 3.63) is 47.5 Å². The Morgan fingerprint density at radius 3 is 2.44 bits per heavy atom. The van der Waals surface area contributed by atoms with Crippen molar-refractivity contribution in [3.8, 4) is 0 Å². The summed E-state index contributed by atoms with van der Waals surface area (Å²) in [5.41, 5.74) is 0.750. The Morgan fingerprint density at radius 1 is 1.07 bits per heavy atom. The number of aromatic nitrogens is 2. The number of benzene rings is 1. The zero-order chi connectivity index (χ0) is 29.5. The van der Waals surface area contributed by atoms with Gasteiger partial charge in [-0.2, -0.15) is 5.10 Å². The molecule has 1 aliphatic heterocycles. The number of anilines is 1. The molecule has 1 aliphatic carbocycles. The highest BCUT2D eigenvalue weighted by Crippen LogP contribution is 2.19. The number of hydrogen-bond donors (Lipinski definition) is 4. The largest absolute Gasteiger partial charge is 0.339 e. The van der Waals surface area contributed by atoms with Gasteiger partial charge in [0.25, 0.3) is 5.91 Å². The molecule has 2 fully saturated rings. The summed E-state index contributed by atoms with van der Waals surface area (Å²) in [5, 5.41) is 14.8. The lowest BCUT2D eigenvalue weighted by molar-refractivity contribution is -0.134. The van der Waals surface area contributed by atoms with Gasteiger partial charge < -0.3 is 31.1 Å². The van der Waals surface area contributed by atoms with Crippen LogP contribution in [0.25, 0.3) is 0 Å². The maximum absolute atomic E-state index is 15.1. The zero-order valence-electron chi connectivity index (χ0n) is 23.8. The van der Waals surface area contributed by atoms with Crippen molar-refractivity contribution in [1.29, 1.82) is 0 Å². The van der Waals surface area contributed by atoms with E-state index in [0.29, 0.717) is 30.9 Å². The topological polar surface area (TPSA) is 141 Å². The Kier molecular flexibility index (Phi) is 9.92.